The van der Waals surface area contributed by atoms with Crippen molar-refractivity contribution in [2.45, 2.75) is 24.0 Å². The summed E-state index contributed by atoms with van der Waals surface area (Å²) in [6, 6.07) is 11.0. The lowest BCUT2D eigenvalue weighted by molar-refractivity contribution is -0.535. The highest BCUT2D eigenvalue weighted by Crippen LogP contribution is 2.49. The summed E-state index contributed by atoms with van der Waals surface area (Å²) in [5.74, 6) is 0.113. The standard InChI is InChI=1S/C24H20N2O4/c1-29-19-5-3-15(13-7-9-25-11-17(13)19)21-23(27)22(24(21)28)16-4-6-20(30-2)18-12-26-10-8-14(16)18/h3-12,21-24H,1-2H3/q-2. The van der Waals surface area contributed by atoms with Crippen LogP contribution in [0.2, 0.25) is 0 Å². The molecule has 6 nitrogen and oxygen atoms in total. The fourth-order valence-electron chi connectivity index (χ4n) is 4.70. The predicted octanol–water partition coefficient (Wildman–Crippen LogP) is 2.14. The first kappa shape index (κ1) is 18.8. The molecule has 0 bridgehead atoms. The fourth-order valence-corrected chi connectivity index (χ4v) is 4.70. The molecule has 5 rings (SSSR count). The Balaban J connectivity index is 1.58. The van der Waals surface area contributed by atoms with Gasteiger partial charge in [-0.3, -0.25) is 9.97 Å². The van der Waals surface area contributed by atoms with Crippen LogP contribution < -0.4 is 19.7 Å². The molecule has 0 amide bonds. The summed E-state index contributed by atoms with van der Waals surface area (Å²) in [6.07, 6.45) is 4.68. The van der Waals surface area contributed by atoms with Crippen LogP contribution in [0.25, 0.3) is 21.5 Å². The number of pyridine rings is 2. The van der Waals surface area contributed by atoms with E-state index in [9.17, 15) is 10.2 Å². The van der Waals surface area contributed by atoms with Crippen molar-refractivity contribution in [3.05, 3.63) is 72.3 Å². The van der Waals surface area contributed by atoms with Crippen LogP contribution in [0, 0.1) is 0 Å². The molecular formula is C24H20N2O4-2. The molecule has 1 aliphatic carbocycles. The van der Waals surface area contributed by atoms with Crippen LogP contribution in [-0.4, -0.2) is 36.4 Å². The van der Waals surface area contributed by atoms with Gasteiger partial charge in [-0.05, 0) is 58.0 Å². The van der Waals surface area contributed by atoms with Crippen molar-refractivity contribution in [1.82, 2.24) is 9.97 Å². The van der Waals surface area contributed by atoms with Crippen molar-refractivity contribution in [2.75, 3.05) is 14.2 Å². The number of methoxy groups -OCH3 is 2. The van der Waals surface area contributed by atoms with E-state index in [0.717, 1.165) is 32.7 Å². The maximum absolute atomic E-state index is 13.4. The quantitative estimate of drug-likeness (QED) is 0.521. The van der Waals surface area contributed by atoms with Gasteiger partial charge in [-0.1, -0.05) is 12.1 Å². The van der Waals surface area contributed by atoms with Gasteiger partial charge < -0.3 is 19.7 Å². The Labute approximate surface area is 173 Å². The lowest BCUT2D eigenvalue weighted by Gasteiger charge is -2.62. The summed E-state index contributed by atoms with van der Waals surface area (Å²) in [6.45, 7) is 0. The fraction of sp³-hybridized carbons (Fsp3) is 0.250. The molecule has 0 aliphatic heterocycles. The zero-order valence-electron chi connectivity index (χ0n) is 16.6. The molecule has 30 heavy (non-hydrogen) atoms. The van der Waals surface area contributed by atoms with Crippen LogP contribution in [0.4, 0.5) is 0 Å². The Bertz CT molecular complexity index is 1140. The summed E-state index contributed by atoms with van der Waals surface area (Å²) < 4.78 is 10.8. The molecule has 0 N–H and O–H groups in total. The van der Waals surface area contributed by atoms with Crippen LogP contribution >= 0.6 is 0 Å². The molecule has 0 spiro atoms. The van der Waals surface area contributed by atoms with Crippen LogP contribution in [0.15, 0.2) is 61.2 Å². The SMILES string of the molecule is COc1ccc(C2C([O-])C(c3ccc(OC)c4cnccc34)C2[O-])c2ccncc12. The van der Waals surface area contributed by atoms with Crippen LogP contribution in [0.3, 0.4) is 0 Å². The third-order valence-electron chi connectivity index (χ3n) is 6.20. The second-order valence-electron chi connectivity index (χ2n) is 7.54. The topological polar surface area (TPSA) is 90.4 Å². The molecule has 0 radical (unpaired) electrons. The molecule has 2 aromatic heterocycles. The molecule has 6 heteroatoms. The summed E-state index contributed by atoms with van der Waals surface area (Å²) >= 11 is 0. The Morgan fingerprint density at radius 1 is 0.633 bits per heavy atom. The van der Waals surface area contributed by atoms with E-state index in [1.54, 1.807) is 51.1 Å². The van der Waals surface area contributed by atoms with Crippen LogP contribution in [0.1, 0.15) is 23.0 Å². The average molecular weight is 400 g/mol. The van der Waals surface area contributed by atoms with Gasteiger partial charge in [-0.25, -0.2) is 0 Å². The molecule has 0 saturated heterocycles. The second kappa shape index (κ2) is 7.23. The average Bonchev–Trinajstić information content (AvgIpc) is 2.79. The largest absolute Gasteiger partial charge is 0.851 e. The maximum Gasteiger partial charge on any atom is 0.128 e. The number of benzene rings is 2. The number of rotatable bonds is 4. The first-order valence-electron chi connectivity index (χ1n) is 9.78. The Morgan fingerprint density at radius 3 is 1.47 bits per heavy atom. The minimum Gasteiger partial charge on any atom is -0.851 e. The molecule has 1 fully saturated rings. The van der Waals surface area contributed by atoms with Gasteiger partial charge in [0.2, 0.25) is 0 Å². The van der Waals surface area contributed by atoms with Gasteiger partial charge in [0.25, 0.3) is 0 Å². The smallest absolute Gasteiger partial charge is 0.128 e. The Morgan fingerprint density at radius 2 is 1.07 bits per heavy atom. The highest BCUT2D eigenvalue weighted by atomic mass is 16.5. The van der Waals surface area contributed by atoms with Crippen molar-refractivity contribution in [3.63, 3.8) is 0 Å². The number of fused-ring (bicyclic) bond motifs is 2. The Kier molecular flexibility index (Phi) is 4.53. The Hall–Kier alpha value is -3.22. The van der Waals surface area contributed by atoms with Crippen molar-refractivity contribution in [3.8, 4) is 11.5 Å². The molecule has 4 aromatic rings. The lowest BCUT2D eigenvalue weighted by atomic mass is 9.62. The van der Waals surface area contributed by atoms with Gasteiger partial charge in [0.15, 0.2) is 0 Å². The first-order valence-corrected chi connectivity index (χ1v) is 9.78. The number of hydrogen-bond acceptors (Lipinski definition) is 6. The van der Waals surface area contributed by atoms with Crippen LogP contribution in [-0.2, 0) is 0 Å². The third kappa shape index (κ3) is 2.65. The van der Waals surface area contributed by atoms with Gasteiger partial charge in [-0.2, -0.15) is 0 Å². The van der Waals surface area contributed by atoms with Crippen molar-refractivity contribution in [1.29, 1.82) is 0 Å². The van der Waals surface area contributed by atoms with E-state index in [0.29, 0.717) is 11.5 Å². The molecule has 0 unspecified atom stereocenters. The molecule has 2 aromatic carbocycles. The van der Waals surface area contributed by atoms with E-state index in [4.69, 9.17) is 9.47 Å². The minimum atomic E-state index is -1.04. The van der Waals surface area contributed by atoms with E-state index in [-0.39, 0.29) is 0 Å². The zero-order valence-corrected chi connectivity index (χ0v) is 16.6. The normalized spacial score (nSPS) is 23.3. The summed E-state index contributed by atoms with van der Waals surface area (Å²) in [4.78, 5) is 8.33. The van der Waals surface area contributed by atoms with Gasteiger partial charge in [0.1, 0.15) is 11.5 Å². The third-order valence-corrected chi connectivity index (χ3v) is 6.20. The zero-order chi connectivity index (χ0) is 20.8. The number of ether oxygens (including phenoxy) is 2. The van der Waals surface area contributed by atoms with Gasteiger partial charge in [-0.15, -0.1) is 12.2 Å². The lowest BCUT2D eigenvalue weighted by Crippen LogP contribution is -2.63. The first-order chi connectivity index (χ1) is 14.7. The molecule has 0 atom stereocenters. The maximum atomic E-state index is 13.4. The van der Waals surface area contributed by atoms with Crippen molar-refractivity contribution < 1.29 is 19.7 Å². The van der Waals surface area contributed by atoms with E-state index < -0.39 is 24.0 Å². The molecule has 1 aliphatic rings. The molecule has 152 valence electrons. The van der Waals surface area contributed by atoms with Gasteiger partial charge >= 0.3 is 0 Å². The molecule has 2 heterocycles. The summed E-state index contributed by atoms with van der Waals surface area (Å²) in [7, 11) is 3.19. The van der Waals surface area contributed by atoms with E-state index >= 15 is 0 Å². The summed E-state index contributed by atoms with van der Waals surface area (Å²) in [5, 5.41) is 30.0. The van der Waals surface area contributed by atoms with E-state index in [2.05, 4.69) is 9.97 Å². The van der Waals surface area contributed by atoms with Crippen LogP contribution in [0.5, 0.6) is 11.5 Å². The highest BCUT2D eigenvalue weighted by Gasteiger charge is 2.40. The number of aromatic nitrogens is 2. The van der Waals surface area contributed by atoms with Crippen molar-refractivity contribution in [2.24, 2.45) is 0 Å². The van der Waals surface area contributed by atoms with E-state index in [1.165, 1.54) is 0 Å². The molecule has 1 saturated carbocycles. The highest BCUT2D eigenvalue weighted by molar-refractivity contribution is 5.92. The van der Waals surface area contributed by atoms with Gasteiger partial charge in [0, 0.05) is 35.6 Å². The van der Waals surface area contributed by atoms with E-state index in [1.807, 2.05) is 24.3 Å². The number of hydrogen-bond donors (Lipinski definition) is 0. The van der Waals surface area contributed by atoms with Crippen molar-refractivity contribution >= 4 is 21.5 Å². The van der Waals surface area contributed by atoms with Gasteiger partial charge in [0.05, 0.1) is 14.2 Å². The second-order valence-corrected chi connectivity index (χ2v) is 7.54. The minimum absolute atomic E-state index is 0.621. The monoisotopic (exact) mass is 400 g/mol. The predicted molar refractivity (Wildman–Crippen MR) is 110 cm³/mol. The summed E-state index contributed by atoms with van der Waals surface area (Å²) in [5.41, 5.74) is 1.54. The number of nitrogens with zero attached hydrogens (tertiary/aromatic N) is 2. The molecular weight excluding hydrogens is 380 g/mol.